The van der Waals surface area contributed by atoms with E-state index in [-0.39, 0.29) is 11.1 Å². The van der Waals surface area contributed by atoms with Crippen molar-refractivity contribution >= 4 is 22.5 Å². The van der Waals surface area contributed by atoms with Crippen LogP contribution in [0.1, 0.15) is 19.2 Å². The monoisotopic (exact) mass is 292 g/mol. The molecule has 1 unspecified atom stereocenters. The number of hydrogen-bond acceptors (Lipinski definition) is 4. The zero-order valence-electron chi connectivity index (χ0n) is 11.3. The van der Waals surface area contributed by atoms with E-state index in [1.165, 1.54) is 0 Å². The second-order valence-corrected chi connectivity index (χ2v) is 5.95. The van der Waals surface area contributed by atoms with Crippen molar-refractivity contribution in [3.05, 3.63) is 39.4 Å². The Hall–Kier alpha value is -1.43. The molecule has 1 aliphatic heterocycles. The molecule has 3 rings (SSSR count). The van der Waals surface area contributed by atoms with Crippen LogP contribution in [0.4, 0.5) is 0 Å². The Balaban J connectivity index is 1.85. The average Bonchev–Trinajstić information content (AvgIpc) is 2.85. The van der Waals surface area contributed by atoms with Crippen LogP contribution in [0.3, 0.4) is 0 Å². The lowest BCUT2D eigenvalue weighted by Crippen LogP contribution is -2.44. The van der Waals surface area contributed by atoms with E-state index in [2.05, 4.69) is 27.5 Å². The number of hydrogen-bond donors (Lipinski definition) is 3. The highest BCUT2D eigenvalue weighted by Gasteiger charge is 2.27. The molecule has 1 fully saturated rings. The molecule has 1 aliphatic rings. The molecule has 20 heavy (non-hydrogen) atoms. The Kier molecular flexibility index (Phi) is 3.50. The van der Waals surface area contributed by atoms with E-state index >= 15 is 0 Å². The first-order valence-corrected chi connectivity index (χ1v) is 7.08. The van der Waals surface area contributed by atoms with E-state index in [0.717, 1.165) is 19.5 Å². The van der Waals surface area contributed by atoms with Crippen LogP contribution in [0.2, 0.25) is 5.02 Å². The van der Waals surface area contributed by atoms with Gasteiger partial charge in [0.05, 0.1) is 17.4 Å². The van der Waals surface area contributed by atoms with Gasteiger partial charge < -0.3 is 15.6 Å². The molecule has 3 N–H and O–H groups in total. The lowest BCUT2D eigenvalue weighted by atomic mass is 10.0. The van der Waals surface area contributed by atoms with Gasteiger partial charge >= 0.3 is 0 Å². The minimum absolute atomic E-state index is 0.0630. The summed E-state index contributed by atoms with van der Waals surface area (Å²) in [4.78, 5) is 19.3. The normalized spacial score (nSPS) is 22.5. The third-order valence-electron chi connectivity index (χ3n) is 3.77. The molecule has 2 aromatic rings. The Labute approximate surface area is 121 Å². The van der Waals surface area contributed by atoms with Gasteiger partial charge in [-0.3, -0.25) is 4.79 Å². The molecule has 0 radical (unpaired) electrons. The minimum atomic E-state index is -0.149. The zero-order chi connectivity index (χ0) is 14.2. The maximum Gasteiger partial charge on any atom is 0.258 e. The van der Waals surface area contributed by atoms with Gasteiger partial charge in [0.15, 0.2) is 0 Å². The number of nitrogens with one attached hydrogen (secondary N) is 3. The minimum Gasteiger partial charge on any atom is -0.315 e. The van der Waals surface area contributed by atoms with E-state index < -0.39 is 0 Å². The van der Waals surface area contributed by atoms with Gasteiger partial charge in [0, 0.05) is 17.1 Å². The Bertz CT molecular complexity index is 691. The van der Waals surface area contributed by atoms with Gasteiger partial charge in [-0.05, 0) is 38.1 Å². The van der Waals surface area contributed by atoms with E-state index in [0.29, 0.717) is 28.3 Å². The van der Waals surface area contributed by atoms with Gasteiger partial charge in [-0.15, -0.1) is 0 Å². The molecule has 6 heteroatoms. The molecular weight excluding hydrogens is 276 g/mol. The highest BCUT2D eigenvalue weighted by atomic mass is 35.5. The van der Waals surface area contributed by atoms with E-state index in [4.69, 9.17) is 11.6 Å². The molecular formula is C14H17ClN4O. The van der Waals surface area contributed by atoms with Crippen molar-refractivity contribution in [2.75, 3.05) is 13.1 Å². The van der Waals surface area contributed by atoms with Crippen LogP contribution in [0.15, 0.2) is 23.0 Å². The number of H-pyrrole nitrogens is 1. The molecule has 1 atom stereocenters. The fourth-order valence-corrected chi connectivity index (χ4v) is 2.68. The van der Waals surface area contributed by atoms with Crippen molar-refractivity contribution < 1.29 is 0 Å². The van der Waals surface area contributed by atoms with Crippen LogP contribution in [-0.4, -0.2) is 28.6 Å². The summed E-state index contributed by atoms with van der Waals surface area (Å²) in [5.74, 6) is 0.651. The predicted octanol–water partition coefficient (Wildman–Crippen LogP) is 1.42. The van der Waals surface area contributed by atoms with Crippen molar-refractivity contribution in [2.24, 2.45) is 0 Å². The number of aromatic nitrogens is 2. The Morgan fingerprint density at radius 2 is 2.35 bits per heavy atom. The van der Waals surface area contributed by atoms with Crippen molar-refractivity contribution in [1.82, 2.24) is 20.6 Å². The molecule has 5 nitrogen and oxygen atoms in total. The van der Waals surface area contributed by atoms with Crippen molar-refractivity contribution in [3.63, 3.8) is 0 Å². The molecule has 106 valence electrons. The molecule has 2 heterocycles. The summed E-state index contributed by atoms with van der Waals surface area (Å²) in [6.45, 7) is 4.67. The summed E-state index contributed by atoms with van der Waals surface area (Å²) in [7, 11) is 0. The molecule has 1 saturated heterocycles. The van der Waals surface area contributed by atoms with Crippen LogP contribution in [0.25, 0.3) is 10.9 Å². The van der Waals surface area contributed by atoms with E-state index in [1.54, 1.807) is 18.2 Å². The SMILES string of the molecule is CC1(NCc2nc3ccc(Cl)cc3c(=O)[nH]2)CCNC1. The van der Waals surface area contributed by atoms with Crippen LogP contribution >= 0.6 is 11.6 Å². The summed E-state index contributed by atoms with van der Waals surface area (Å²) in [6.07, 6.45) is 1.07. The third-order valence-corrected chi connectivity index (χ3v) is 4.00. The smallest absolute Gasteiger partial charge is 0.258 e. The summed E-state index contributed by atoms with van der Waals surface area (Å²) < 4.78 is 0. The Morgan fingerprint density at radius 1 is 1.50 bits per heavy atom. The number of rotatable bonds is 3. The number of fused-ring (bicyclic) bond motifs is 1. The van der Waals surface area contributed by atoms with Crippen LogP contribution in [-0.2, 0) is 6.54 Å². The highest BCUT2D eigenvalue weighted by molar-refractivity contribution is 6.31. The fraction of sp³-hybridized carbons (Fsp3) is 0.429. The topological polar surface area (TPSA) is 69.8 Å². The average molecular weight is 293 g/mol. The quantitative estimate of drug-likeness (QED) is 0.800. The first kappa shape index (κ1) is 13.5. The first-order chi connectivity index (χ1) is 9.56. The first-order valence-electron chi connectivity index (χ1n) is 6.70. The maximum absolute atomic E-state index is 12.0. The molecule has 0 aliphatic carbocycles. The summed E-state index contributed by atoms with van der Waals surface area (Å²) >= 11 is 5.90. The lowest BCUT2D eigenvalue weighted by molar-refractivity contribution is 0.380. The molecule has 0 spiro atoms. The van der Waals surface area contributed by atoms with E-state index in [9.17, 15) is 4.79 Å². The van der Waals surface area contributed by atoms with Gasteiger partial charge in [0.25, 0.3) is 5.56 Å². The van der Waals surface area contributed by atoms with Crippen molar-refractivity contribution in [3.8, 4) is 0 Å². The lowest BCUT2D eigenvalue weighted by Gasteiger charge is -2.24. The third kappa shape index (κ3) is 2.70. The number of nitrogens with zero attached hydrogens (tertiary/aromatic N) is 1. The summed E-state index contributed by atoms with van der Waals surface area (Å²) in [5, 5.41) is 7.85. The van der Waals surface area contributed by atoms with Crippen LogP contribution in [0, 0.1) is 0 Å². The van der Waals surface area contributed by atoms with E-state index in [1.807, 2.05) is 0 Å². The molecule has 1 aromatic carbocycles. The summed E-state index contributed by atoms with van der Waals surface area (Å²) in [6, 6.07) is 5.16. The van der Waals surface area contributed by atoms with Gasteiger partial charge in [-0.2, -0.15) is 0 Å². The fourth-order valence-electron chi connectivity index (χ4n) is 2.51. The van der Waals surface area contributed by atoms with Crippen molar-refractivity contribution in [2.45, 2.75) is 25.4 Å². The van der Waals surface area contributed by atoms with Crippen molar-refractivity contribution in [1.29, 1.82) is 0 Å². The highest BCUT2D eigenvalue weighted by Crippen LogP contribution is 2.16. The number of benzene rings is 1. The standard InChI is InChI=1S/C14H17ClN4O/c1-14(4-5-16-8-14)17-7-12-18-11-3-2-9(15)6-10(11)13(20)19-12/h2-3,6,16-17H,4-5,7-8H2,1H3,(H,18,19,20). The van der Waals surface area contributed by atoms with Gasteiger partial charge in [-0.25, -0.2) is 4.98 Å². The summed E-state index contributed by atoms with van der Waals surface area (Å²) in [5.41, 5.74) is 0.585. The molecule has 1 aromatic heterocycles. The predicted molar refractivity (Wildman–Crippen MR) is 80.1 cm³/mol. The second-order valence-electron chi connectivity index (χ2n) is 5.52. The van der Waals surface area contributed by atoms with Crippen LogP contribution in [0.5, 0.6) is 0 Å². The number of halogens is 1. The van der Waals surface area contributed by atoms with Gasteiger partial charge in [0.1, 0.15) is 5.82 Å². The Morgan fingerprint density at radius 3 is 3.10 bits per heavy atom. The number of aromatic amines is 1. The molecule has 0 bridgehead atoms. The van der Waals surface area contributed by atoms with Crippen LogP contribution < -0.4 is 16.2 Å². The second kappa shape index (κ2) is 5.16. The van der Waals surface area contributed by atoms with Gasteiger partial charge in [-0.1, -0.05) is 11.6 Å². The molecule has 0 amide bonds. The van der Waals surface area contributed by atoms with Gasteiger partial charge in [0.2, 0.25) is 0 Å². The maximum atomic E-state index is 12.0. The molecule has 0 saturated carbocycles. The largest absolute Gasteiger partial charge is 0.315 e. The zero-order valence-corrected chi connectivity index (χ0v) is 12.0.